The van der Waals surface area contributed by atoms with Crippen molar-refractivity contribution in [1.82, 2.24) is 4.90 Å². The van der Waals surface area contributed by atoms with Crippen molar-refractivity contribution in [2.75, 3.05) is 19.7 Å². The molecular weight excluding hydrogens is 250 g/mol. The van der Waals surface area contributed by atoms with Crippen molar-refractivity contribution in [2.45, 2.75) is 63.4 Å². The Kier molecular flexibility index (Phi) is 3.29. The molecule has 4 aliphatic rings. The van der Waals surface area contributed by atoms with Crippen molar-refractivity contribution < 1.29 is 9.53 Å². The van der Waals surface area contributed by atoms with Crippen LogP contribution in [0.5, 0.6) is 0 Å². The van der Waals surface area contributed by atoms with E-state index in [0.717, 1.165) is 44.4 Å². The van der Waals surface area contributed by atoms with E-state index in [4.69, 9.17) is 4.74 Å². The van der Waals surface area contributed by atoms with Gasteiger partial charge in [0, 0.05) is 12.5 Å². The SMILES string of the molecule is O=C(C1CCC2CCCCC2C1)N1CC2(CCCO2)C1. The average molecular weight is 277 g/mol. The predicted molar refractivity (Wildman–Crippen MR) is 77.3 cm³/mol. The molecule has 2 aliphatic heterocycles. The van der Waals surface area contributed by atoms with Crippen LogP contribution >= 0.6 is 0 Å². The molecule has 0 N–H and O–H groups in total. The Bertz CT molecular complexity index is 380. The van der Waals surface area contributed by atoms with E-state index in [1.54, 1.807) is 0 Å². The largest absolute Gasteiger partial charge is 0.371 e. The zero-order valence-corrected chi connectivity index (χ0v) is 12.5. The first kappa shape index (κ1) is 13.1. The normalized spacial score (nSPS) is 39.4. The van der Waals surface area contributed by atoms with Gasteiger partial charge in [0.1, 0.15) is 5.60 Å². The third-order valence-corrected chi connectivity index (χ3v) is 6.34. The molecule has 3 unspecified atom stereocenters. The molecule has 0 aromatic rings. The molecule has 4 fully saturated rings. The summed E-state index contributed by atoms with van der Waals surface area (Å²) in [5.41, 5.74) is 0.0672. The van der Waals surface area contributed by atoms with Gasteiger partial charge < -0.3 is 9.64 Å². The van der Waals surface area contributed by atoms with E-state index in [1.165, 1.54) is 44.9 Å². The fourth-order valence-electron chi connectivity index (χ4n) is 5.17. The maximum absolute atomic E-state index is 12.7. The molecule has 3 atom stereocenters. The molecule has 0 bridgehead atoms. The molecular formula is C17H27NO2. The molecule has 3 nitrogen and oxygen atoms in total. The molecule has 2 heterocycles. The molecule has 0 aromatic heterocycles. The summed E-state index contributed by atoms with van der Waals surface area (Å²) in [4.78, 5) is 14.7. The highest BCUT2D eigenvalue weighted by atomic mass is 16.5. The minimum Gasteiger partial charge on any atom is -0.371 e. The Balaban J connectivity index is 1.33. The monoisotopic (exact) mass is 277 g/mol. The zero-order valence-electron chi connectivity index (χ0n) is 12.5. The minimum absolute atomic E-state index is 0.0672. The first-order chi connectivity index (χ1) is 9.76. The van der Waals surface area contributed by atoms with Crippen molar-refractivity contribution in [3.05, 3.63) is 0 Å². The summed E-state index contributed by atoms with van der Waals surface area (Å²) >= 11 is 0. The second-order valence-electron chi connectivity index (χ2n) is 7.64. The number of hydrogen-bond donors (Lipinski definition) is 0. The van der Waals surface area contributed by atoms with Crippen LogP contribution in [-0.2, 0) is 9.53 Å². The number of fused-ring (bicyclic) bond motifs is 1. The second kappa shape index (κ2) is 5.01. The molecule has 2 aliphatic carbocycles. The number of likely N-dealkylation sites (tertiary alicyclic amines) is 1. The van der Waals surface area contributed by atoms with Crippen LogP contribution in [0.4, 0.5) is 0 Å². The Hall–Kier alpha value is -0.570. The van der Waals surface area contributed by atoms with Gasteiger partial charge in [0.2, 0.25) is 5.91 Å². The van der Waals surface area contributed by atoms with Crippen LogP contribution in [0, 0.1) is 17.8 Å². The number of nitrogens with zero attached hydrogens (tertiary/aromatic N) is 1. The van der Waals surface area contributed by atoms with Crippen molar-refractivity contribution in [3.8, 4) is 0 Å². The van der Waals surface area contributed by atoms with Gasteiger partial charge in [0.15, 0.2) is 0 Å². The van der Waals surface area contributed by atoms with E-state index >= 15 is 0 Å². The van der Waals surface area contributed by atoms with Gasteiger partial charge in [0.05, 0.1) is 13.1 Å². The van der Waals surface area contributed by atoms with Gasteiger partial charge in [-0.15, -0.1) is 0 Å². The second-order valence-corrected chi connectivity index (χ2v) is 7.64. The molecule has 2 saturated heterocycles. The van der Waals surface area contributed by atoms with Gasteiger partial charge in [0.25, 0.3) is 0 Å². The van der Waals surface area contributed by atoms with Crippen LogP contribution < -0.4 is 0 Å². The van der Waals surface area contributed by atoms with Crippen molar-refractivity contribution in [2.24, 2.45) is 17.8 Å². The third kappa shape index (κ3) is 2.18. The number of hydrogen-bond acceptors (Lipinski definition) is 2. The molecule has 4 rings (SSSR count). The number of carbonyl (C=O) groups is 1. The summed E-state index contributed by atoms with van der Waals surface area (Å²) < 4.78 is 5.84. The van der Waals surface area contributed by atoms with Crippen LogP contribution in [0.2, 0.25) is 0 Å². The first-order valence-corrected chi connectivity index (χ1v) is 8.69. The van der Waals surface area contributed by atoms with Crippen LogP contribution in [0.3, 0.4) is 0 Å². The molecule has 1 spiro atoms. The van der Waals surface area contributed by atoms with Crippen LogP contribution in [0.15, 0.2) is 0 Å². The fourth-order valence-corrected chi connectivity index (χ4v) is 5.17. The van der Waals surface area contributed by atoms with Crippen molar-refractivity contribution in [1.29, 1.82) is 0 Å². The van der Waals surface area contributed by atoms with E-state index in [2.05, 4.69) is 4.90 Å². The standard InChI is InChI=1S/C17H27NO2/c19-16(18-11-17(12-18)8-3-9-20-17)15-7-6-13-4-1-2-5-14(13)10-15/h13-15H,1-12H2. The van der Waals surface area contributed by atoms with Gasteiger partial charge in [-0.3, -0.25) is 4.79 Å². The lowest BCUT2D eigenvalue weighted by Crippen LogP contribution is -2.64. The van der Waals surface area contributed by atoms with Crippen LogP contribution in [-0.4, -0.2) is 36.1 Å². The molecule has 0 aromatic carbocycles. The molecule has 2 saturated carbocycles. The van der Waals surface area contributed by atoms with Crippen LogP contribution in [0.1, 0.15) is 57.8 Å². The topological polar surface area (TPSA) is 29.5 Å². The first-order valence-electron chi connectivity index (χ1n) is 8.69. The Morgan fingerprint density at radius 3 is 2.55 bits per heavy atom. The lowest BCUT2D eigenvalue weighted by Gasteiger charge is -2.49. The zero-order chi connectivity index (χ0) is 13.6. The lowest BCUT2D eigenvalue weighted by molar-refractivity contribution is -0.163. The van der Waals surface area contributed by atoms with Crippen molar-refractivity contribution in [3.63, 3.8) is 0 Å². The molecule has 3 heteroatoms. The van der Waals surface area contributed by atoms with Gasteiger partial charge in [-0.25, -0.2) is 0 Å². The maximum Gasteiger partial charge on any atom is 0.225 e. The van der Waals surface area contributed by atoms with Gasteiger partial charge >= 0.3 is 0 Å². The van der Waals surface area contributed by atoms with E-state index in [-0.39, 0.29) is 5.60 Å². The van der Waals surface area contributed by atoms with Gasteiger partial charge in [-0.05, 0) is 43.9 Å². The molecule has 1 amide bonds. The predicted octanol–water partition coefficient (Wildman–Crippen LogP) is 2.98. The average Bonchev–Trinajstić information content (AvgIpc) is 2.94. The van der Waals surface area contributed by atoms with Crippen LogP contribution in [0.25, 0.3) is 0 Å². The molecule has 20 heavy (non-hydrogen) atoms. The molecule has 0 radical (unpaired) electrons. The summed E-state index contributed by atoms with van der Waals surface area (Å²) in [6, 6.07) is 0. The number of carbonyl (C=O) groups excluding carboxylic acids is 1. The van der Waals surface area contributed by atoms with Gasteiger partial charge in [-0.2, -0.15) is 0 Å². The Morgan fingerprint density at radius 1 is 1.00 bits per heavy atom. The maximum atomic E-state index is 12.7. The molecule has 112 valence electrons. The Morgan fingerprint density at radius 2 is 1.80 bits per heavy atom. The van der Waals surface area contributed by atoms with Crippen molar-refractivity contribution >= 4 is 5.91 Å². The minimum atomic E-state index is 0.0672. The van der Waals surface area contributed by atoms with E-state index in [1.807, 2.05) is 0 Å². The smallest absolute Gasteiger partial charge is 0.225 e. The Labute approximate surface area is 122 Å². The highest BCUT2D eigenvalue weighted by Gasteiger charge is 2.49. The third-order valence-electron chi connectivity index (χ3n) is 6.34. The number of ether oxygens (including phenoxy) is 1. The summed E-state index contributed by atoms with van der Waals surface area (Å²) in [7, 11) is 0. The summed E-state index contributed by atoms with van der Waals surface area (Å²) in [6.07, 6.45) is 11.6. The van der Waals surface area contributed by atoms with E-state index in [9.17, 15) is 4.79 Å². The number of amides is 1. The highest BCUT2D eigenvalue weighted by Crippen LogP contribution is 2.44. The highest BCUT2D eigenvalue weighted by molar-refractivity contribution is 5.80. The lowest BCUT2D eigenvalue weighted by atomic mass is 9.67. The summed E-state index contributed by atoms with van der Waals surface area (Å²) in [5, 5.41) is 0. The van der Waals surface area contributed by atoms with E-state index in [0.29, 0.717) is 11.8 Å². The van der Waals surface area contributed by atoms with E-state index < -0.39 is 0 Å². The quantitative estimate of drug-likeness (QED) is 0.737. The van der Waals surface area contributed by atoms with Gasteiger partial charge in [-0.1, -0.05) is 25.7 Å². The summed E-state index contributed by atoms with van der Waals surface area (Å²) in [6.45, 7) is 2.64. The number of rotatable bonds is 1. The summed E-state index contributed by atoms with van der Waals surface area (Å²) in [5.74, 6) is 2.56. The fraction of sp³-hybridized carbons (Fsp3) is 0.941.